The molecule has 1 aromatic carbocycles. The number of hydrogen-bond acceptors (Lipinski definition) is 4. The monoisotopic (exact) mass is 352 g/mol. The van der Waals surface area contributed by atoms with Gasteiger partial charge in [-0.05, 0) is 29.9 Å². The number of fused-ring (bicyclic) bond motifs is 1. The van der Waals surface area contributed by atoms with Gasteiger partial charge in [0.05, 0.1) is 11.4 Å². The molecule has 0 radical (unpaired) electrons. The maximum atomic E-state index is 12.7. The van der Waals surface area contributed by atoms with Crippen LogP contribution in [0.4, 0.5) is 0 Å². The van der Waals surface area contributed by atoms with E-state index in [4.69, 9.17) is 0 Å². The van der Waals surface area contributed by atoms with Crippen molar-refractivity contribution in [1.82, 2.24) is 20.1 Å². The van der Waals surface area contributed by atoms with Crippen LogP contribution in [0.2, 0.25) is 0 Å². The summed E-state index contributed by atoms with van der Waals surface area (Å²) in [6, 6.07) is 12.0. The van der Waals surface area contributed by atoms with Gasteiger partial charge in [-0.15, -0.1) is 21.5 Å². The summed E-state index contributed by atoms with van der Waals surface area (Å²) in [5.74, 6) is 1.84. The summed E-state index contributed by atoms with van der Waals surface area (Å²) < 4.78 is 2.17. The highest BCUT2D eigenvalue weighted by Gasteiger charge is 2.18. The predicted molar refractivity (Wildman–Crippen MR) is 98.5 cm³/mol. The maximum absolute atomic E-state index is 12.7. The van der Waals surface area contributed by atoms with E-state index in [1.54, 1.807) is 0 Å². The molecule has 0 saturated carbocycles. The molecule has 1 aliphatic heterocycles. The van der Waals surface area contributed by atoms with Gasteiger partial charge >= 0.3 is 0 Å². The lowest BCUT2D eigenvalue weighted by Crippen LogP contribution is -2.24. The lowest BCUT2D eigenvalue weighted by Gasteiger charge is -2.09. The van der Waals surface area contributed by atoms with E-state index >= 15 is 0 Å². The molecule has 128 valence electrons. The highest BCUT2D eigenvalue weighted by molar-refractivity contribution is 7.12. The van der Waals surface area contributed by atoms with Crippen LogP contribution in [-0.4, -0.2) is 20.7 Å². The van der Waals surface area contributed by atoms with Gasteiger partial charge in [0.15, 0.2) is 5.82 Å². The number of benzene rings is 1. The second kappa shape index (κ2) is 7.19. The minimum absolute atomic E-state index is 0.0557. The quantitative estimate of drug-likeness (QED) is 0.779. The van der Waals surface area contributed by atoms with Crippen molar-refractivity contribution in [2.75, 3.05) is 0 Å². The van der Waals surface area contributed by atoms with E-state index in [1.807, 2.05) is 41.8 Å². The molecule has 6 heteroatoms. The van der Waals surface area contributed by atoms with Crippen LogP contribution in [0, 0.1) is 0 Å². The lowest BCUT2D eigenvalue weighted by molar-refractivity contribution is 0.0954. The SMILES string of the molecule is O=C(NCc1nnc2n1CCCCC2)c1sccc1-c1ccccc1. The van der Waals surface area contributed by atoms with E-state index in [2.05, 4.69) is 20.1 Å². The van der Waals surface area contributed by atoms with Gasteiger partial charge in [-0.2, -0.15) is 0 Å². The van der Waals surface area contributed by atoms with Gasteiger partial charge < -0.3 is 9.88 Å². The molecule has 3 aromatic rings. The molecule has 3 heterocycles. The van der Waals surface area contributed by atoms with Crippen molar-refractivity contribution in [3.8, 4) is 11.1 Å². The van der Waals surface area contributed by atoms with Crippen LogP contribution < -0.4 is 5.32 Å². The number of amides is 1. The van der Waals surface area contributed by atoms with Gasteiger partial charge in [-0.1, -0.05) is 36.8 Å². The Hall–Kier alpha value is -2.47. The molecule has 0 spiro atoms. The molecule has 25 heavy (non-hydrogen) atoms. The Labute approximate surface area is 150 Å². The van der Waals surface area contributed by atoms with Crippen LogP contribution in [0.1, 0.15) is 40.6 Å². The summed E-state index contributed by atoms with van der Waals surface area (Å²) >= 11 is 1.47. The number of aryl methyl sites for hydroxylation is 1. The Morgan fingerprint density at radius 3 is 2.88 bits per heavy atom. The highest BCUT2D eigenvalue weighted by Crippen LogP contribution is 2.28. The van der Waals surface area contributed by atoms with E-state index in [0.717, 1.165) is 47.0 Å². The normalized spacial score (nSPS) is 13.9. The molecule has 4 rings (SSSR count). The number of rotatable bonds is 4. The number of thiophene rings is 1. The van der Waals surface area contributed by atoms with Crippen molar-refractivity contribution >= 4 is 17.2 Å². The third-order valence-corrected chi connectivity index (χ3v) is 5.46. The molecule has 0 bridgehead atoms. The van der Waals surface area contributed by atoms with Gasteiger partial charge in [0.2, 0.25) is 0 Å². The number of aromatic nitrogens is 3. The van der Waals surface area contributed by atoms with Crippen LogP contribution in [0.25, 0.3) is 11.1 Å². The van der Waals surface area contributed by atoms with Crippen molar-refractivity contribution in [3.63, 3.8) is 0 Å². The summed E-state index contributed by atoms with van der Waals surface area (Å²) in [7, 11) is 0. The zero-order chi connectivity index (χ0) is 17.1. The Bertz CT molecular complexity index is 869. The first-order valence-electron chi connectivity index (χ1n) is 8.65. The first kappa shape index (κ1) is 16.0. The Morgan fingerprint density at radius 2 is 2.00 bits per heavy atom. The number of nitrogens with one attached hydrogen (secondary N) is 1. The second-order valence-corrected chi connectivity index (χ2v) is 7.12. The Morgan fingerprint density at radius 1 is 1.12 bits per heavy atom. The summed E-state index contributed by atoms with van der Waals surface area (Å²) in [6.07, 6.45) is 4.52. The minimum Gasteiger partial charge on any atom is -0.344 e. The van der Waals surface area contributed by atoms with E-state index in [0.29, 0.717) is 6.54 Å². The van der Waals surface area contributed by atoms with Gasteiger partial charge in [-0.3, -0.25) is 4.79 Å². The molecule has 0 aliphatic carbocycles. The second-order valence-electron chi connectivity index (χ2n) is 6.21. The molecule has 0 atom stereocenters. The van der Waals surface area contributed by atoms with Crippen molar-refractivity contribution in [1.29, 1.82) is 0 Å². The molecule has 5 nitrogen and oxygen atoms in total. The smallest absolute Gasteiger partial charge is 0.262 e. The summed E-state index contributed by atoms with van der Waals surface area (Å²) in [5, 5.41) is 13.5. The average molecular weight is 352 g/mol. The van der Waals surface area contributed by atoms with E-state index < -0.39 is 0 Å². The first-order chi connectivity index (χ1) is 12.3. The van der Waals surface area contributed by atoms with Gasteiger partial charge in [0, 0.05) is 18.5 Å². The van der Waals surface area contributed by atoms with Crippen molar-refractivity contribution in [2.24, 2.45) is 0 Å². The lowest BCUT2D eigenvalue weighted by atomic mass is 10.1. The molecule has 1 N–H and O–H groups in total. The minimum atomic E-state index is -0.0557. The van der Waals surface area contributed by atoms with Crippen molar-refractivity contribution in [3.05, 3.63) is 58.3 Å². The van der Waals surface area contributed by atoms with E-state index in [1.165, 1.54) is 24.2 Å². The fourth-order valence-corrected chi connectivity index (χ4v) is 4.08. The standard InChI is InChI=1S/C19H20N4OS/c24-19(18-15(10-12-25-18)14-7-3-1-4-8-14)20-13-17-22-21-16-9-5-2-6-11-23(16)17/h1,3-4,7-8,10,12H,2,5-6,9,11,13H2,(H,20,24). The molecule has 2 aromatic heterocycles. The number of carbonyl (C=O) groups excluding carboxylic acids is 1. The van der Waals surface area contributed by atoms with Crippen molar-refractivity contribution < 1.29 is 4.79 Å². The Kier molecular flexibility index (Phi) is 4.61. The zero-order valence-corrected chi connectivity index (χ0v) is 14.8. The van der Waals surface area contributed by atoms with Gasteiger partial charge in [0.1, 0.15) is 5.82 Å². The number of hydrogen-bond donors (Lipinski definition) is 1. The largest absolute Gasteiger partial charge is 0.344 e. The van der Waals surface area contributed by atoms with Gasteiger partial charge in [-0.25, -0.2) is 0 Å². The molecule has 1 amide bonds. The maximum Gasteiger partial charge on any atom is 0.262 e. The van der Waals surface area contributed by atoms with Crippen LogP contribution in [-0.2, 0) is 19.5 Å². The molecule has 0 unspecified atom stereocenters. The number of nitrogens with zero attached hydrogens (tertiary/aromatic N) is 3. The molecule has 1 aliphatic rings. The van der Waals surface area contributed by atoms with Crippen molar-refractivity contribution in [2.45, 2.75) is 38.8 Å². The fraction of sp³-hybridized carbons (Fsp3) is 0.316. The number of carbonyl (C=O) groups is 1. The first-order valence-corrected chi connectivity index (χ1v) is 9.53. The molecular weight excluding hydrogens is 332 g/mol. The molecule has 0 fully saturated rings. The molecular formula is C19H20N4OS. The van der Waals surface area contributed by atoms with E-state index in [9.17, 15) is 4.79 Å². The summed E-state index contributed by atoms with van der Waals surface area (Å²) in [6.45, 7) is 1.36. The van der Waals surface area contributed by atoms with Crippen LogP contribution in [0.15, 0.2) is 41.8 Å². The third-order valence-electron chi connectivity index (χ3n) is 4.55. The zero-order valence-electron chi connectivity index (χ0n) is 13.9. The third kappa shape index (κ3) is 3.35. The van der Waals surface area contributed by atoms with Gasteiger partial charge in [0.25, 0.3) is 5.91 Å². The fourth-order valence-electron chi connectivity index (χ4n) is 3.25. The van der Waals surface area contributed by atoms with Crippen LogP contribution in [0.5, 0.6) is 0 Å². The highest BCUT2D eigenvalue weighted by atomic mass is 32.1. The average Bonchev–Trinajstić information content (AvgIpc) is 3.22. The van der Waals surface area contributed by atoms with E-state index in [-0.39, 0.29) is 5.91 Å². The van der Waals surface area contributed by atoms with Crippen LogP contribution in [0.3, 0.4) is 0 Å². The Balaban J connectivity index is 1.49. The predicted octanol–water partition coefficient (Wildman–Crippen LogP) is 3.66. The summed E-state index contributed by atoms with van der Waals surface area (Å²) in [5.41, 5.74) is 2.04. The summed E-state index contributed by atoms with van der Waals surface area (Å²) in [4.78, 5) is 13.4. The van der Waals surface area contributed by atoms with Crippen LogP contribution >= 0.6 is 11.3 Å². The molecule has 0 saturated heterocycles. The topological polar surface area (TPSA) is 59.8 Å².